The zero-order chi connectivity index (χ0) is 12.4. The van der Waals surface area contributed by atoms with Crippen LogP contribution in [0.25, 0.3) is 22.4 Å². The first kappa shape index (κ1) is 10.8. The van der Waals surface area contributed by atoms with Gasteiger partial charge in [-0.3, -0.25) is 4.98 Å². The van der Waals surface area contributed by atoms with E-state index in [0.29, 0.717) is 0 Å². The van der Waals surface area contributed by atoms with Gasteiger partial charge < -0.3 is 9.73 Å². The van der Waals surface area contributed by atoms with Gasteiger partial charge in [0.15, 0.2) is 5.76 Å². The molecule has 0 aliphatic rings. The van der Waals surface area contributed by atoms with E-state index in [-0.39, 0.29) is 0 Å². The van der Waals surface area contributed by atoms with Gasteiger partial charge >= 0.3 is 0 Å². The lowest BCUT2D eigenvalue weighted by molar-refractivity contribution is 0.629. The van der Waals surface area contributed by atoms with E-state index in [1.165, 1.54) is 0 Å². The predicted octanol–water partition coefficient (Wildman–Crippen LogP) is 3.93. The van der Waals surface area contributed by atoms with E-state index in [1.807, 2.05) is 42.5 Å². The van der Waals surface area contributed by atoms with Crippen molar-refractivity contribution in [2.75, 3.05) is 11.9 Å². The average molecular weight is 238 g/mol. The number of fused-ring (bicyclic) bond motifs is 1. The summed E-state index contributed by atoms with van der Waals surface area (Å²) in [6.07, 6.45) is 1.79. The molecule has 0 amide bonds. The number of hydrogen-bond acceptors (Lipinski definition) is 3. The Morgan fingerprint density at radius 3 is 2.89 bits per heavy atom. The number of nitrogens with zero attached hydrogens (tertiary/aromatic N) is 1. The van der Waals surface area contributed by atoms with E-state index in [9.17, 15) is 0 Å². The monoisotopic (exact) mass is 238 g/mol. The maximum absolute atomic E-state index is 5.80. The molecule has 0 spiro atoms. The average Bonchev–Trinajstić information content (AvgIpc) is 2.83. The summed E-state index contributed by atoms with van der Waals surface area (Å²) in [6.45, 7) is 2.96. The quantitative estimate of drug-likeness (QED) is 0.751. The minimum absolute atomic E-state index is 0.802. The highest BCUT2D eigenvalue weighted by Gasteiger charge is 2.07. The van der Waals surface area contributed by atoms with Gasteiger partial charge in [0.2, 0.25) is 0 Å². The third-order valence-corrected chi connectivity index (χ3v) is 2.82. The molecule has 18 heavy (non-hydrogen) atoms. The standard InChI is InChI=1S/C15H14N2O/c1-2-16-12-7-8-17-13(10-12)15-9-11-5-3-4-6-14(11)18-15/h3-10H,2H2,1H3,(H,16,17). The van der Waals surface area contributed by atoms with Crippen LogP contribution in [0.5, 0.6) is 0 Å². The summed E-state index contributed by atoms with van der Waals surface area (Å²) in [7, 11) is 0. The van der Waals surface area contributed by atoms with Crippen LogP contribution in [-0.2, 0) is 0 Å². The summed E-state index contributed by atoms with van der Waals surface area (Å²) in [5, 5.41) is 4.37. The molecule has 0 aliphatic heterocycles. The van der Waals surface area contributed by atoms with Crippen molar-refractivity contribution in [3.8, 4) is 11.5 Å². The fraction of sp³-hybridized carbons (Fsp3) is 0.133. The molecular weight excluding hydrogens is 224 g/mol. The lowest BCUT2D eigenvalue weighted by Crippen LogP contribution is -1.96. The number of anilines is 1. The van der Waals surface area contributed by atoms with Crippen LogP contribution < -0.4 is 5.32 Å². The van der Waals surface area contributed by atoms with Crippen LogP contribution in [0.4, 0.5) is 5.69 Å². The number of benzene rings is 1. The number of aromatic nitrogens is 1. The molecule has 3 heteroatoms. The molecule has 2 heterocycles. The summed E-state index contributed by atoms with van der Waals surface area (Å²) < 4.78 is 5.80. The Kier molecular flexibility index (Phi) is 2.73. The van der Waals surface area contributed by atoms with Gasteiger partial charge in [0.05, 0.1) is 0 Å². The van der Waals surface area contributed by atoms with E-state index in [0.717, 1.165) is 34.7 Å². The van der Waals surface area contributed by atoms with Gasteiger partial charge in [-0.05, 0) is 31.2 Å². The van der Waals surface area contributed by atoms with Gasteiger partial charge in [0.1, 0.15) is 11.3 Å². The zero-order valence-corrected chi connectivity index (χ0v) is 10.2. The largest absolute Gasteiger partial charge is 0.454 e. The van der Waals surface area contributed by atoms with E-state index >= 15 is 0 Å². The maximum atomic E-state index is 5.80. The highest BCUT2D eigenvalue weighted by molar-refractivity contribution is 5.82. The topological polar surface area (TPSA) is 38.1 Å². The summed E-state index contributed by atoms with van der Waals surface area (Å²) in [4.78, 5) is 4.35. The van der Waals surface area contributed by atoms with Crippen LogP contribution in [0.1, 0.15) is 6.92 Å². The maximum Gasteiger partial charge on any atom is 0.153 e. The number of para-hydroxylation sites is 1. The van der Waals surface area contributed by atoms with Gasteiger partial charge in [0, 0.05) is 23.8 Å². The van der Waals surface area contributed by atoms with Crippen LogP contribution in [0, 0.1) is 0 Å². The minimum Gasteiger partial charge on any atom is -0.454 e. The Labute approximate surface area is 105 Å². The van der Waals surface area contributed by atoms with Gasteiger partial charge in [-0.2, -0.15) is 0 Å². The van der Waals surface area contributed by atoms with Crippen LogP contribution in [-0.4, -0.2) is 11.5 Å². The van der Waals surface area contributed by atoms with E-state index in [2.05, 4.69) is 17.2 Å². The van der Waals surface area contributed by atoms with Crippen molar-refractivity contribution in [2.24, 2.45) is 0 Å². The Balaban J connectivity index is 2.05. The SMILES string of the molecule is CCNc1ccnc(-c2cc3ccccc3o2)c1. The number of nitrogens with one attached hydrogen (secondary N) is 1. The normalized spacial score (nSPS) is 10.7. The molecule has 1 N–H and O–H groups in total. The lowest BCUT2D eigenvalue weighted by Gasteiger charge is -2.03. The molecule has 0 saturated carbocycles. The summed E-state index contributed by atoms with van der Waals surface area (Å²) in [5.41, 5.74) is 2.80. The van der Waals surface area contributed by atoms with Gasteiger partial charge in [-0.15, -0.1) is 0 Å². The van der Waals surface area contributed by atoms with Crippen molar-refractivity contribution in [3.63, 3.8) is 0 Å². The molecule has 1 aromatic carbocycles. The second kappa shape index (κ2) is 4.53. The van der Waals surface area contributed by atoms with Crippen LogP contribution in [0.3, 0.4) is 0 Å². The third-order valence-electron chi connectivity index (χ3n) is 2.82. The molecule has 90 valence electrons. The summed E-state index contributed by atoms with van der Waals surface area (Å²) in [6, 6.07) is 14.0. The van der Waals surface area contributed by atoms with Crippen molar-refractivity contribution < 1.29 is 4.42 Å². The second-order valence-corrected chi connectivity index (χ2v) is 4.11. The Bertz CT molecular complexity index is 640. The highest BCUT2D eigenvalue weighted by atomic mass is 16.3. The first-order valence-corrected chi connectivity index (χ1v) is 6.05. The number of furan rings is 1. The Hall–Kier alpha value is -2.29. The molecule has 3 aromatic rings. The molecule has 0 fully saturated rings. The lowest BCUT2D eigenvalue weighted by atomic mass is 10.2. The van der Waals surface area contributed by atoms with Crippen molar-refractivity contribution in [3.05, 3.63) is 48.7 Å². The van der Waals surface area contributed by atoms with E-state index < -0.39 is 0 Å². The molecular formula is C15H14N2O. The number of rotatable bonds is 3. The van der Waals surface area contributed by atoms with Crippen molar-refractivity contribution >= 4 is 16.7 Å². The molecule has 3 rings (SSSR count). The third kappa shape index (κ3) is 1.95. The van der Waals surface area contributed by atoms with E-state index in [4.69, 9.17) is 4.42 Å². The highest BCUT2D eigenvalue weighted by Crippen LogP contribution is 2.27. The van der Waals surface area contributed by atoms with Crippen LogP contribution in [0.2, 0.25) is 0 Å². The number of hydrogen-bond donors (Lipinski definition) is 1. The van der Waals surface area contributed by atoms with Crippen LogP contribution in [0.15, 0.2) is 53.1 Å². The molecule has 0 bridgehead atoms. The molecule has 2 aromatic heterocycles. The first-order valence-electron chi connectivity index (χ1n) is 6.05. The van der Waals surface area contributed by atoms with Crippen LogP contribution >= 0.6 is 0 Å². The summed E-state index contributed by atoms with van der Waals surface area (Å²) >= 11 is 0. The molecule has 3 nitrogen and oxygen atoms in total. The fourth-order valence-corrected chi connectivity index (χ4v) is 1.99. The van der Waals surface area contributed by atoms with E-state index in [1.54, 1.807) is 6.20 Å². The molecule has 0 radical (unpaired) electrons. The predicted molar refractivity (Wildman–Crippen MR) is 73.6 cm³/mol. The van der Waals surface area contributed by atoms with Gasteiger partial charge in [-0.1, -0.05) is 18.2 Å². The number of pyridine rings is 1. The van der Waals surface area contributed by atoms with Crippen molar-refractivity contribution in [1.29, 1.82) is 0 Å². The molecule has 0 saturated heterocycles. The Morgan fingerprint density at radius 1 is 1.17 bits per heavy atom. The smallest absolute Gasteiger partial charge is 0.153 e. The van der Waals surface area contributed by atoms with Gasteiger partial charge in [0.25, 0.3) is 0 Å². The fourth-order valence-electron chi connectivity index (χ4n) is 1.99. The first-order chi connectivity index (χ1) is 8.86. The van der Waals surface area contributed by atoms with Gasteiger partial charge in [-0.25, -0.2) is 0 Å². The zero-order valence-electron chi connectivity index (χ0n) is 10.2. The Morgan fingerprint density at radius 2 is 2.06 bits per heavy atom. The molecule has 0 atom stereocenters. The minimum atomic E-state index is 0.802. The summed E-state index contributed by atoms with van der Waals surface area (Å²) in [5.74, 6) is 0.802. The molecule has 0 aliphatic carbocycles. The molecule has 0 unspecified atom stereocenters. The second-order valence-electron chi connectivity index (χ2n) is 4.11. The van der Waals surface area contributed by atoms with Crippen molar-refractivity contribution in [1.82, 2.24) is 4.98 Å². The van der Waals surface area contributed by atoms with Crippen molar-refractivity contribution in [2.45, 2.75) is 6.92 Å².